The van der Waals surface area contributed by atoms with Crippen LogP contribution in [0, 0.1) is 11.3 Å². The summed E-state index contributed by atoms with van der Waals surface area (Å²) in [7, 11) is 0. The van der Waals surface area contributed by atoms with Crippen LogP contribution in [-0.4, -0.2) is 11.1 Å². The van der Waals surface area contributed by atoms with Crippen molar-refractivity contribution in [2.75, 3.05) is 0 Å². The van der Waals surface area contributed by atoms with Gasteiger partial charge in [-0.3, -0.25) is 0 Å². The lowest BCUT2D eigenvalue weighted by Crippen LogP contribution is -2.14. The molecule has 0 atom stereocenters. The van der Waals surface area contributed by atoms with E-state index in [2.05, 4.69) is 0 Å². The van der Waals surface area contributed by atoms with E-state index >= 15 is 0 Å². The first-order valence-corrected chi connectivity index (χ1v) is 4.19. The van der Waals surface area contributed by atoms with E-state index in [9.17, 15) is 18.0 Å². The monoisotopic (exact) mass is 249 g/mol. The molecule has 0 spiro atoms. The van der Waals surface area contributed by atoms with Crippen molar-refractivity contribution in [3.05, 3.63) is 33.8 Å². The highest BCUT2D eigenvalue weighted by Gasteiger charge is 2.38. The van der Waals surface area contributed by atoms with E-state index in [1.807, 2.05) is 0 Å². The van der Waals surface area contributed by atoms with Crippen molar-refractivity contribution in [3.8, 4) is 6.07 Å². The Balaban J connectivity index is 3.61. The Morgan fingerprint density at radius 2 is 2.00 bits per heavy atom. The topological polar surface area (TPSA) is 61.1 Å². The van der Waals surface area contributed by atoms with Crippen LogP contribution in [0.25, 0.3) is 0 Å². The number of nitriles is 1. The van der Waals surface area contributed by atoms with Crippen LogP contribution in [0.15, 0.2) is 12.1 Å². The highest BCUT2D eigenvalue weighted by atomic mass is 35.5. The van der Waals surface area contributed by atoms with Gasteiger partial charge in [0, 0.05) is 0 Å². The third kappa shape index (κ3) is 2.25. The Kier molecular flexibility index (Phi) is 3.10. The van der Waals surface area contributed by atoms with Crippen LogP contribution >= 0.6 is 11.6 Å². The number of nitrogens with zero attached hydrogens (tertiary/aromatic N) is 1. The van der Waals surface area contributed by atoms with Crippen molar-refractivity contribution in [2.45, 2.75) is 6.18 Å². The van der Waals surface area contributed by atoms with Gasteiger partial charge in [0.1, 0.15) is 0 Å². The second-order valence-electron chi connectivity index (χ2n) is 2.80. The summed E-state index contributed by atoms with van der Waals surface area (Å²) in [6.07, 6.45) is -4.88. The van der Waals surface area contributed by atoms with Gasteiger partial charge in [-0.1, -0.05) is 11.6 Å². The molecule has 0 fully saturated rings. The molecule has 0 unspecified atom stereocenters. The van der Waals surface area contributed by atoms with E-state index in [-0.39, 0.29) is 5.56 Å². The Hall–Kier alpha value is -1.74. The fourth-order valence-electron chi connectivity index (χ4n) is 1.13. The third-order valence-electron chi connectivity index (χ3n) is 1.73. The van der Waals surface area contributed by atoms with Crippen LogP contribution < -0.4 is 0 Å². The molecule has 0 saturated heterocycles. The lowest BCUT2D eigenvalue weighted by Gasteiger charge is -2.12. The van der Waals surface area contributed by atoms with Gasteiger partial charge in [-0.05, 0) is 12.1 Å². The molecule has 0 heterocycles. The Morgan fingerprint density at radius 3 is 2.38 bits per heavy atom. The van der Waals surface area contributed by atoms with Gasteiger partial charge in [0.2, 0.25) is 0 Å². The van der Waals surface area contributed by atoms with Crippen LogP contribution in [-0.2, 0) is 6.18 Å². The summed E-state index contributed by atoms with van der Waals surface area (Å²) >= 11 is 5.31. The van der Waals surface area contributed by atoms with Crippen molar-refractivity contribution in [3.63, 3.8) is 0 Å². The first-order valence-electron chi connectivity index (χ1n) is 3.81. The SMILES string of the molecule is N#Cc1cc(Cl)c(C(F)(F)F)c(C(=O)O)c1. The molecule has 16 heavy (non-hydrogen) atoms. The van der Waals surface area contributed by atoms with E-state index in [0.29, 0.717) is 6.07 Å². The smallest absolute Gasteiger partial charge is 0.418 e. The van der Waals surface area contributed by atoms with Crippen molar-refractivity contribution >= 4 is 17.6 Å². The molecule has 1 N–H and O–H groups in total. The highest BCUT2D eigenvalue weighted by Crippen LogP contribution is 2.37. The lowest BCUT2D eigenvalue weighted by molar-refractivity contribution is -0.138. The molecule has 1 rings (SSSR count). The van der Waals surface area contributed by atoms with E-state index in [1.54, 1.807) is 0 Å². The second kappa shape index (κ2) is 4.02. The number of benzene rings is 1. The van der Waals surface area contributed by atoms with Crippen LogP contribution in [0.3, 0.4) is 0 Å². The number of hydrogen-bond donors (Lipinski definition) is 1. The first-order chi connectivity index (χ1) is 7.27. The quantitative estimate of drug-likeness (QED) is 0.832. The average molecular weight is 250 g/mol. The molecule has 0 aromatic heterocycles. The summed E-state index contributed by atoms with van der Waals surface area (Å²) in [6, 6.07) is 2.94. The van der Waals surface area contributed by atoms with E-state index in [1.165, 1.54) is 6.07 Å². The zero-order valence-corrected chi connectivity index (χ0v) is 8.23. The summed E-state index contributed by atoms with van der Waals surface area (Å²) in [5.74, 6) is -1.79. The Morgan fingerprint density at radius 1 is 1.44 bits per heavy atom. The van der Waals surface area contributed by atoms with Gasteiger partial charge in [-0.15, -0.1) is 0 Å². The first kappa shape index (κ1) is 12.3. The zero-order chi connectivity index (χ0) is 12.5. The molecule has 0 radical (unpaired) electrons. The van der Waals surface area contributed by atoms with E-state index < -0.39 is 28.3 Å². The van der Waals surface area contributed by atoms with Crippen LogP contribution in [0.1, 0.15) is 21.5 Å². The lowest BCUT2D eigenvalue weighted by atomic mass is 10.0. The molecule has 3 nitrogen and oxygen atoms in total. The number of aromatic carboxylic acids is 1. The van der Waals surface area contributed by atoms with Crippen LogP contribution in [0.2, 0.25) is 5.02 Å². The number of halogens is 4. The normalized spacial score (nSPS) is 10.9. The maximum Gasteiger partial charge on any atom is 0.418 e. The van der Waals surface area contributed by atoms with Gasteiger partial charge < -0.3 is 5.11 Å². The number of alkyl halides is 3. The minimum atomic E-state index is -4.88. The third-order valence-corrected chi connectivity index (χ3v) is 2.03. The molecular weight excluding hydrogens is 247 g/mol. The summed E-state index contributed by atoms with van der Waals surface area (Å²) in [4.78, 5) is 10.6. The maximum absolute atomic E-state index is 12.5. The maximum atomic E-state index is 12.5. The molecule has 84 valence electrons. The van der Waals surface area contributed by atoms with Crippen molar-refractivity contribution in [1.29, 1.82) is 5.26 Å². The van der Waals surface area contributed by atoms with Gasteiger partial charge in [-0.25, -0.2) is 4.79 Å². The van der Waals surface area contributed by atoms with Crippen molar-refractivity contribution in [1.82, 2.24) is 0 Å². The fourth-order valence-corrected chi connectivity index (χ4v) is 1.45. The molecule has 0 aliphatic carbocycles. The van der Waals surface area contributed by atoms with Crippen molar-refractivity contribution in [2.24, 2.45) is 0 Å². The van der Waals surface area contributed by atoms with Gasteiger partial charge in [0.15, 0.2) is 0 Å². The van der Waals surface area contributed by atoms with E-state index in [0.717, 1.165) is 6.07 Å². The highest BCUT2D eigenvalue weighted by molar-refractivity contribution is 6.32. The Labute approximate surface area is 92.7 Å². The summed E-state index contributed by atoms with van der Waals surface area (Å²) in [5.41, 5.74) is -2.72. The minimum absolute atomic E-state index is 0.240. The molecule has 0 saturated carbocycles. The Bertz CT molecular complexity index is 491. The van der Waals surface area contributed by atoms with Gasteiger partial charge in [-0.2, -0.15) is 18.4 Å². The summed E-state index contributed by atoms with van der Waals surface area (Å²) < 4.78 is 37.4. The fraction of sp³-hybridized carbons (Fsp3) is 0.111. The largest absolute Gasteiger partial charge is 0.478 e. The standard InChI is InChI=1S/C9H3ClF3NO2/c10-6-2-4(3-14)1-5(8(15)16)7(6)9(11,12)13/h1-2H,(H,15,16). The van der Waals surface area contributed by atoms with Gasteiger partial charge in [0.05, 0.1) is 27.8 Å². The molecule has 0 bridgehead atoms. The van der Waals surface area contributed by atoms with Gasteiger partial charge in [0.25, 0.3) is 0 Å². The molecular formula is C9H3ClF3NO2. The second-order valence-corrected chi connectivity index (χ2v) is 3.20. The molecule has 1 aromatic carbocycles. The molecule has 7 heteroatoms. The van der Waals surface area contributed by atoms with Crippen LogP contribution in [0.5, 0.6) is 0 Å². The average Bonchev–Trinajstić information content (AvgIpc) is 2.14. The molecule has 0 amide bonds. The molecule has 0 aliphatic heterocycles. The number of carboxylic acid groups (broad SMARTS) is 1. The number of carboxylic acids is 1. The van der Waals surface area contributed by atoms with Gasteiger partial charge >= 0.3 is 12.1 Å². The summed E-state index contributed by atoms with van der Waals surface area (Å²) in [6.45, 7) is 0. The zero-order valence-electron chi connectivity index (χ0n) is 7.47. The van der Waals surface area contributed by atoms with E-state index in [4.69, 9.17) is 22.0 Å². The van der Waals surface area contributed by atoms with Crippen molar-refractivity contribution < 1.29 is 23.1 Å². The number of carbonyl (C=O) groups is 1. The predicted octanol–water partition coefficient (Wildman–Crippen LogP) is 2.93. The minimum Gasteiger partial charge on any atom is -0.478 e. The predicted molar refractivity (Wildman–Crippen MR) is 48.1 cm³/mol. The summed E-state index contributed by atoms with van der Waals surface area (Å²) in [5, 5.41) is 16.3. The van der Waals surface area contributed by atoms with Crippen LogP contribution in [0.4, 0.5) is 13.2 Å². The molecule has 1 aromatic rings. The number of rotatable bonds is 1. The number of hydrogen-bond acceptors (Lipinski definition) is 2. The molecule has 0 aliphatic rings.